The molecular weight excluding hydrogens is 258 g/mol. The van der Waals surface area contributed by atoms with Crippen molar-refractivity contribution >= 4 is 10.3 Å². The fourth-order valence-corrected chi connectivity index (χ4v) is 2.13. The summed E-state index contributed by atoms with van der Waals surface area (Å²) in [6.45, 7) is 3.31. The standard InChI is InChI=1S/C11H15NO5S/c1-11(2)16-9-6-4-3-5-8(9)10(17-11)7-15-18(12,13)14/h3-6,10H,7H2,1-2H3,(H2,12,13,14). The second-order valence-electron chi connectivity index (χ2n) is 4.42. The fraction of sp³-hybridized carbons (Fsp3) is 0.455. The molecule has 0 aromatic heterocycles. The van der Waals surface area contributed by atoms with E-state index in [2.05, 4.69) is 4.18 Å². The van der Waals surface area contributed by atoms with Crippen molar-refractivity contribution in [3.8, 4) is 5.75 Å². The van der Waals surface area contributed by atoms with E-state index in [9.17, 15) is 8.42 Å². The molecule has 0 saturated heterocycles. The number of hydrogen-bond donors (Lipinski definition) is 1. The lowest BCUT2D eigenvalue weighted by molar-refractivity contribution is -0.212. The molecule has 1 aliphatic heterocycles. The van der Waals surface area contributed by atoms with Crippen LogP contribution >= 0.6 is 0 Å². The van der Waals surface area contributed by atoms with E-state index < -0.39 is 22.2 Å². The fourth-order valence-electron chi connectivity index (χ4n) is 1.81. The summed E-state index contributed by atoms with van der Waals surface area (Å²) in [5.41, 5.74) is 0.737. The summed E-state index contributed by atoms with van der Waals surface area (Å²) in [6.07, 6.45) is -0.539. The lowest BCUT2D eigenvalue weighted by atomic mass is 10.1. The van der Waals surface area contributed by atoms with Crippen LogP contribution in [-0.4, -0.2) is 20.8 Å². The molecule has 2 rings (SSSR count). The zero-order valence-electron chi connectivity index (χ0n) is 10.1. The molecule has 1 aromatic carbocycles. The Morgan fingerprint density at radius 1 is 1.39 bits per heavy atom. The summed E-state index contributed by atoms with van der Waals surface area (Å²) in [5.74, 6) is -0.197. The first-order valence-electron chi connectivity index (χ1n) is 5.40. The van der Waals surface area contributed by atoms with Gasteiger partial charge in [-0.1, -0.05) is 18.2 Å². The highest BCUT2D eigenvalue weighted by Crippen LogP contribution is 2.38. The number of benzene rings is 1. The monoisotopic (exact) mass is 273 g/mol. The Balaban J connectivity index is 2.25. The number of para-hydroxylation sites is 1. The molecule has 1 atom stereocenters. The third kappa shape index (κ3) is 3.20. The predicted molar refractivity (Wildman–Crippen MR) is 64.0 cm³/mol. The molecule has 0 fully saturated rings. The van der Waals surface area contributed by atoms with Crippen molar-refractivity contribution in [2.24, 2.45) is 5.14 Å². The van der Waals surface area contributed by atoms with E-state index in [4.69, 9.17) is 14.6 Å². The second-order valence-corrected chi connectivity index (χ2v) is 5.64. The first kappa shape index (κ1) is 13.3. The maximum atomic E-state index is 10.8. The molecule has 2 N–H and O–H groups in total. The number of ether oxygens (including phenoxy) is 2. The van der Waals surface area contributed by atoms with Gasteiger partial charge in [0.1, 0.15) is 11.9 Å². The van der Waals surface area contributed by atoms with Gasteiger partial charge in [-0.05, 0) is 6.07 Å². The smallest absolute Gasteiger partial charge is 0.333 e. The van der Waals surface area contributed by atoms with Gasteiger partial charge in [-0.2, -0.15) is 8.42 Å². The summed E-state index contributed by atoms with van der Waals surface area (Å²) in [4.78, 5) is 0. The molecule has 0 radical (unpaired) electrons. The van der Waals surface area contributed by atoms with Gasteiger partial charge in [0.25, 0.3) is 0 Å². The molecule has 100 valence electrons. The quantitative estimate of drug-likeness (QED) is 0.890. The summed E-state index contributed by atoms with van der Waals surface area (Å²) >= 11 is 0. The normalized spacial score (nSPS) is 22.1. The van der Waals surface area contributed by atoms with E-state index >= 15 is 0 Å². The molecule has 6 nitrogen and oxygen atoms in total. The molecule has 0 amide bonds. The van der Waals surface area contributed by atoms with Crippen molar-refractivity contribution in [1.29, 1.82) is 0 Å². The third-order valence-electron chi connectivity index (χ3n) is 2.43. The van der Waals surface area contributed by atoms with Crippen LogP contribution in [0.15, 0.2) is 24.3 Å². The van der Waals surface area contributed by atoms with Crippen LogP contribution in [0.5, 0.6) is 5.75 Å². The Morgan fingerprint density at radius 3 is 2.72 bits per heavy atom. The van der Waals surface area contributed by atoms with Crippen molar-refractivity contribution in [3.05, 3.63) is 29.8 Å². The Bertz CT molecular complexity index is 540. The first-order chi connectivity index (χ1) is 8.27. The summed E-state index contributed by atoms with van der Waals surface area (Å²) in [5, 5.41) is 4.80. The molecule has 0 aliphatic carbocycles. The number of hydrogen-bond acceptors (Lipinski definition) is 5. The zero-order chi connectivity index (χ0) is 13.4. The zero-order valence-corrected chi connectivity index (χ0v) is 10.9. The molecule has 0 spiro atoms. The van der Waals surface area contributed by atoms with E-state index in [0.29, 0.717) is 5.75 Å². The molecule has 7 heteroatoms. The molecular formula is C11H15NO5S. The Hall–Kier alpha value is -1.15. The highest BCUT2D eigenvalue weighted by atomic mass is 32.2. The van der Waals surface area contributed by atoms with E-state index in [1.54, 1.807) is 26.0 Å². The minimum absolute atomic E-state index is 0.178. The van der Waals surface area contributed by atoms with Gasteiger partial charge in [0.15, 0.2) is 0 Å². The van der Waals surface area contributed by atoms with Crippen LogP contribution < -0.4 is 9.88 Å². The van der Waals surface area contributed by atoms with Crippen molar-refractivity contribution in [2.45, 2.75) is 25.7 Å². The maximum absolute atomic E-state index is 10.8. The molecule has 1 unspecified atom stereocenters. The van der Waals surface area contributed by atoms with Crippen LogP contribution in [0.2, 0.25) is 0 Å². The topological polar surface area (TPSA) is 87.9 Å². The molecule has 1 aliphatic rings. The highest BCUT2D eigenvalue weighted by molar-refractivity contribution is 7.84. The van der Waals surface area contributed by atoms with E-state index in [-0.39, 0.29) is 6.61 Å². The van der Waals surface area contributed by atoms with Gasteiger partial charge in [-0.25, -0.2) is 5.14 Å². The molecule has 18 heavy (non-hydrogen) atoms. The van der Waals surface area contributed by atoms with Gasteiger partial charge in [0.05, 0.1) is 6.61 Å². The average Bonchev–Trinajstić information content (AvgIpc) is 2.23. The first-order valence-corrected chi connectivity index (χ1v) is 6.87. The third-order valence-corrected chi connectivity index (χ3v) is 2.90. The average molecular weight is 273 g/mol. The summed E-state index contributed by atoms with van der Waals surface area (Å²) in [6, 6.07) is 7.23. The Morgan fingerprint density at radius 2 is 2.06 bits per heavy atom. The maximum Gasteiger partial charge on any atom is 0.333 e. The van der Waals surface area contributed by atoms with Crippen molar-refractivity contribution in [2.75, 3.05) is 6.61 Å². The number of rotatable bonds is 3. The van der Waals surface area contributed by atoms with Crippen molar-refractivity contribution < 1.29 is 22.1 Å². The Labute approximate surface area is 106 Å². The van der Waals surface area contributed by atoms with Gasteiger partial charge in [-0.3, -0.25) is 4.18 Å². The lowest BCUT2D eigenvalue weighted by Crippen LogP contribution is -2.39. The van der Waals surface area contributed by atoms with E-state index in [0.717, 1.165) is 5.56 Å². The van der Waals surface area contributed by atoms with Crippen molar-refractivity contribution in [3.63, 3.8) is 0 Å². The molecule has 1 aromatic rings. The Kier molecular flexibility index (Phi) is 3.33. The van der Waals surface area contributed by atoms with Gasteiger partial charge in [0, 0.05) is 19.4 Å². The largest absolute Gasteiger partial charge is 0.463 e. The summed E-state index contributed by atoms with van der Waals surface area (Å²) in [7, 11) is -3.98. The van der Waals surface area contributed by atoms with Gasteiger partial charge < -0.3 is 9.47 Å². The summed E-state index contributed by atoms with van der Waals surface area (Å²) < 4.78 is 37.5. The molecule has 1 heterocycles. The van der Waals surface area contributed by atoms with E-state index in [1.807, 2.05) is 12.1 Å². The highest BCUT2D eigenvalue weighted by Gasteiger charge is 2.34. The van der Waals surface area contributed by atoms with Gasteiger partial charge >= 0.3 is 10.3 Å². The van der Waals surface area contributed by atoms with Gasteiger partial charge in [-0.15, -0.1) is 0 Å². The lowest BCUT2D eigenvalue weighted by Gasteiger charge is -2.37. The number of fused-ring (bicyclic) bond motifs is 1. The van der Waals surface area contributed by atoms with Crippen LogP contribution in [0, 0.1) is 0 Å². The predicted octanol–water partition coefficient (Wildman–Crippen LogP) is 1.09. The SMILES string of the molecule is CC1(C)Oc2ccccc2C(COS(N)(=O)=O)O1. The number of nitrogens with two attached hydrogens (primary N) is 1. The van der Waals surface area contributed by atoms with Crippen LogP contribution in [0.25, 0.3) is 0 Å². The van der Waals surface area contributed by atoms with Crippen LogP contribution in [-0.2, 0) is 19.2 Å². The van der Waals surface area contributed by atoms with E-state index in [1.165, 1.54) is 0 Å². The molecule has 0 bridgehead atoms. The van der Waals surface area contributed by atoms with Crippen LogP contribution in [0.4, 0.5) is 0 Å². The molecule has 0 saturated carbocycles. The minimum Gasteiger partial charge on any atom is -0.463 e. The van der Waals surface area contributed by atoms with Crippen LogP contribution in [0.1, 0.15) is 25.5 Å². The van der Waals surface area contributed by atoms with Gasteiger partial charge in [0.2, 0.25) is 5.79 Å². The van der Waals surface area contributed by atoms with Crippen LogP contribution in [0.3, 0.4) is 0 Å². The second kappa shape index (κ2) is 4.51. The van der Waals surface area contributed by atoms with Crippen molar-refractivity contribution in [1.82, 2.24) is 0 Å². The minimum atomic E-state index is -3.98.